The molecule has 1 unspecified atom stereocenters. The highest BCUT2D eigenvalue weighted by atomic mass is 15.1. The van der Waals surface area contributed by atoms with Crippen LogP contribution < -0.4 is 5.32 Å². The molecule has 80 valence electrons. The lowest BCUT2D eigenvalue weighted by Crippen LogP contribution is -2.15. The number of fused-ring (bicyclic) bond motifs is 1. The molecule has 0 amide bonds. The average molecular weight is 203 g/mol. The second kappa shape index (κ2) is 4.34. The first-order chi connectivity index (χ1) is 7.29. The molecule has 2 rings (SSSR count). The second-order valence-electron chi connectivity index (χ2n) is 3.94. The van der Waals surface area contributed by atoms with Crippen LogP contribution in [0.15, 0.2) is 24.3 Å². The minimum absolute atomic E-state index is 0.468. The van der Waals surface area contributed by atoms with Crippen LogP contribution in [0.1, 0.15) is 26.7 Å². The molecule has 2 aromatic rings. The van der Waals surface area contributed by atoms with E-state index in [-0.39, 0.29) is 0 Å². The summed E-state index contributed by atoms with van der Waals surface area (Å²) in [5, 5.41) is 3.37. The van der Waals surface area contributed by atoms with E-state index in [0.717, 1.165) is 23.4 Å². The fraction of sp³-hybridized carbons (Fsp3) is 0.417. The number of anilines is 1. The maximum Gasteiger partial charge on any atom is 0.201 e. The van der Waals surface area contributed by atoms with Crippen LogP contribution in [0.25, 0.3) is 11.0 Å². The number of rotatable bonds is 4. The average Bonchev–Trinajstić information content (AvgIpc) is 2.59. The van der Waals surface area contributed by atoms with Gasteiger partial charge in [-0.15, -0.1) is 0 Å². The van der Waals surface area contributed by atoms with Crippen LogP contribution in [0.3, 0.4) is 0 Å². The van der Waals surface area contributed by atoms with Crippen LogP contribution in [-0.4, -0.2) is 16.0 Å². The number of imidazole rings is 1. The van der Waals surface area contributed by atoms with Gasteiger partial charge in [0.05, 0.1) is 11.0 Å². The summed E-state index contributed by atoms with van der Waals surface area (Å²) in [5.74, 6) is 0.872. The summed E-state index contributed by atoms with van der Waals surface area (Å²) in [6, 6.07) is 8.54. The standard InChI is InChI=1S/C12H17N3/c1-3-6-9(2)13-12-14-10-7-4-5-8-11(10)15-12/h4-5,7-9H,3,6H2,1-2H3,(H2,13,14,15). The summed E-state index contributed by atoms with van der Waals surface area (Å²) in [5.41, 5.74) is 2.10. The third-order valence-electron chi connectivity index (χ3n) is 2.49. The number of aromatic amines is 1. The fourth-order valence-corrected chi connectivity index (χ4v) is 1.76. The summed E-state index contributed by atoms with van der Waals surface area (Å²) in [4.78, 5) is 7.73. The van der Waals surface area contributed by atoms with Gasteiger partial charge in [-0.05, 0) is 25.5 Å². The number of hydrogen-bond acceptors (Lipinski definition) is 2. The molecule has 1 aromatic heterocycles. The molecule has 3 heteroatoms. The molecule has 0 saturated heterocycles. The van der Waals surface area contributed by atoms with Gasteiger partial charge in [-0.2, -0.15) is 0 Å². The lowest BCUT2D eigenvalue weighted by atomic mass is 10.2. The number of nitrogens with zero attached hydrogens (tertiary/aromatic N) is 1. The van der Waals surface area contributed by atoms with Crippen molar-refractivity contribution in [2.45, 2.75) is 32.7 Å². The van der Waals surface area contributed by atoms with E-state index in [0.29, 0.717) is 6.04 Å². The maximum absolute atomic E-state index is 4.47. The highest BCUT2D eigenvalue weighted by Crippen LogP contribution is 2.14. The van der Waals surface area contributed by atoms with Gasteiger partial charge in [-0.3, -0.25) is 0 Å². The van der Waals surface area contributed by atoms with E-state index in [1.165, 1.54) is 6.42 Å². The lowest BCUT2D eigenvalue weighted by molar-refractivity contribution is 0.685. The number of H-pyrrole nitrogens is 1. The first kappa shape index (κ1) is 10.0. The molecule has 0 aliphatic carbocycles. The van der Waals surface area contributed by atoms with Crippen molar-refractivity contribution in [3.05, 3.63) is 24.3 Å². The molecule has 2 N–H and O–H groups in total. The number of para-hydroxylation sites is 2. The van der Waals surface area contributed by atoms with Crippen molar-refractivity contribution in [2.24, 2.45) is 0 Å². The molecule has 0 bridgehead atoms. The van der Waals surface area contributed by atoms with Crippen LogP contribution in [0, 0.1) is 0 Å². The molecule has 3 nitrogen and oxygen atoms in total. The smallest absolute Gasteiger partial charge is 0.201 e. The Kier molecular flexibility index (Phi) is 2.90. The van der Waals surface area contributed by atoms with Gasteiger partial charge in [0.2, 0.25) is 5.95 Å². The summed E-state index contributed by atoms with van der Waals surface area (Å²) in [7, 11) is 0. The van der Waals surface area contributed by atoms with Crippen LogP contribution in [0.2, 0.25) is 0 Å². The highest BCUT2D eigenvalue weighted by molar-refractivity contribution is 5.77. The van der Waals surface area contributed by atoms with Crippen molar-refractivity contribution >= 4 is 17.0 Å². The Morgan fingerprint density at radius 1 is 1.40 bits per heavy atom. The second-order valence-corrected chi connectivity index (χ2v) is 3.94. The Morgan fingerprint density at radius 2 is 2.20 bits per heavy atom. The van der Waals surface area contributed by atoms with E-state index in [4.69, 9.17) is 0 Å². The molecule has 0 fully saturated rings. The zero-order chi connectivity index (χ0) is 10.7. The minimum atomic E-state index is 0.468. The highest BCUT2D eigenvalue weighted by Gasteiger charge is 2.04. The molecule has 0 radical (unpaired) electrons. The summed E-state index contributed by atoms with van der Waals surface area (Å²) in [6.45, 7) is 4.37. The van der Waals surface area contributed by atoms with Crippen molar-refractivity contribution in [2.75, 3.05) is 5.32 Å². The van der Waals surface area contributed by atoms with Crippen molar-refractivity contribution < 1.29 is 0 Å². The van der Waals surface area contributed by atoms with E-state index < -0.39 is 0 Å². The van der Waals surface area contributed by atoms with Gasteiger partial charge in [-0.25, -0.2) is 4.98 Å². The third kappa shape index (κ3) is 2.29. The molecule has 1 heterocycles. The molecular weight excluding hydrogens is 186 g/mol. The Hall–Kier alpha value is -1.51. The third-order valence-corrected chi connectivity index (χ3v) is 2.49. The predicted octanol–water partition coefficient (Wildman–Crippen LogP) is 3.16. The quantitative estimate of drug-likeness (QED) is 0.801. The molecule has 0 aliphatic heterocycles. The van der Waals surface area contributed by atoms with Crippen molar-refractivity contribution in [1.82, 2.24) is 9.97 Å². The van der Waals surface area contributed by atoms with Gasteiger partial charge in [0.1, 0.15) is 0 Å². The van der Waals surface area contributed by atoms with Gasteiger partial charge in [0.15, 0.2) is 0 Å². The van der Waals surface area contributed by atoms with E-state index in [9.17, 15) is 0 Å². The molecule has 0 spiro atoms. The van der Waals surface area contributed by atoms with Crippen molar-refractivity contribution in [3.8, 4) is 0 Å². The molecule has 0 saturated carbocycles. The fourth-order valence-electron chi connectivity index (χ4n) is 1.76. The number of benzene rings is 1. The van der Waals surface area contributed by atoms with E-state index in [2.05, 4.69) is 29.1 Å². The summed E-state index contributed by atoms with van der Waals surface area (Å²) in [6.07, 6.45) is 2.35. The van der Waals surface area contributed by atoms with Crippen LogP contribution >= 0.6 is 0 Å². The number of nitrogens with one attached hydrogen (secondary N) is 2. The monoisotopic (exact) mass is 203 g/mol. The van der Waals surface area contributed by atoms with E-state index in [1.54, 1.807) is 0 Å². The van der Waals surface area contributed by atoms with Gasteiger partial charge in [0.25, 0.3) is 0 Å². The van der Waals surface area contributed by atoms with Gasteiger partial charge in [-0.1, -0.05) is 25.5 Å². The molecule has 0 aliphatic rings. The van der Waals surface area contributed by atoms with E-state index in [1.807, 2.05) is 24.3 Å². The Balaban J connectivity index is 2.15. The zero-order valence-corrected chi connectivity index (χ0v) is 9.25. The SMILES string of the molecule is CCCC(C)Nc1nc2ccccc2[nH]1. The number of aromatic nitrogens is 2. The first-order valence-corrected chi connectivity index (χ1v) is 5.51. The Morgan fingerprint density at radius 3 is 2.93 bits per heavy atom. The van der Waals surface area contributed by atoms with Crippen LogP contribution in [-0.2, 0) is 0 Å². The Bertz CT molecular complexity index is 400. The largest absolute Gasteiger partial charge is 0.353 e. The Labute approximate surface area is 89.9 Å². The van der Waals surface area contributed by atoms with Gasteiger partial charge >= 0.3 is 0 Å². The van der Waals surface area contributed by atoms with Crippen LogP contribution in [0.5, 0.6) is 0 Å². The van der Waals surface area contributed by atoms with Crippen molar-refractivity contribution in [3.63, 3.8) is 0 Å². The lowest BCUT2D eigenvalue weighted by Gasteiger charge is -2.10. The first-order valence-electron chi connectivity index (χ1n) is 5.51. The number of hydrogen-bond donors (Lipinski definition) is 2. The molecular formula is C12H17N3. The maximum atomic E-state index is 4.47. The van der Waals surface area contributed by atoms with Crippen LogP contribution in [0.4, 0.5) is 5.95 Å². The summed E-state index contributed by atoms with van der Waals surface area (Å²) < 4.78 is 0. The topological polar surface area (TPSA) is 40.7 Å². The molecule has 1 aromatic carbocycles. The van der Waals surface area contributed by atoms with Gasteiger partial charge < -0.3 is 10.3 Å². The van der Waals surface area contributed by atoms with Crippen molar-refractivity contribution in [1.29, 1.82) is 0 Å². The summed E-state index contributed by atoms with van der Waals surface area (Å²) >= 11 is 0. The zero-order valence-electron chi connectivity index (χ0n) is 9.25. The normalized spacial score (nSPS) is 12.9. The predicted molar refractivity (Wildman–Crippen MR) is 64.1 cm³/mol. The minimum Gasteiger partial charge on any atom is -0.353 e. The molecule has 1 atom stereocenters. The molecule has 15 heavy (non-hydrogen) atoms. The van der Waals surface area contributed by atoms with E-state index >= 15 is 0 Å². The van der Waals surface area contributed by atoms with Gasteiger partial charge in [0, 0.05) is 6.04 Å².